The van der Waals surface area contributed by atoms with Crippen LogP contribution in [0.25, 0.3) is 21.5 Å². The summed E-state index contributed by atoms with van der Waals surface area (Å²) in [6, 6.07) is 44.5. The molecule has 1 aliphatic heterocycles. The molecule has 6 aromatic carbocycles. The van der Waals surface area contributed by atoms with E-state index in [1.807, 2.05) is 84.9 Å². The molecule has 7 rings (SSSR count). The molecule has 0 aliphatic carbocycles. The van der Waals surface area contributed by atoms with Crippen molar-refractivity contribution in [2.75, 3.05) is 6.61 Å². The number of benzene rings is 6. The van der Waals surface area contributed by atoms with Crippen LogP contribution in [0.1, 0.15) is 31.8 Å². The van der Waals surface area contributed by atoms with Gasteiger partial charge in [0.15, 0.2) is 6.10 Å². The summed E-state index contributed by atoms with van der Waals surface area (Å²) in [5.74, 6) is -2.07. The molecule has 0 unspecified atom stereocenters. The largest absolute Gasteiger partial charge is 0.459 e. The number of ether oxygens (including phenoxy) is 6. The topological polar surface area (TPSA) is 113 Å². The highest BCUT2D eigenvalue weighted by molar-refractivity contribution is 6.76. The lowest BCUT2D eigenvalue weighted by molar-refractivity contribution is -0.302. The van der Waals surface area contributed by atoms with Crippen LogP contribution in [0.4, 0.5) is 0 Å². The summed E-state index contributed by atoms with van der Waals surface area (Å²) in [6.45, 7) is -0.340. The van der Waals surface area contributed by atoms with E-state index in [1.165, 1.54) is 0 Å². The maximum Gasteiger partial charge on any atom is 0.338 e. The summed E-state index contributed by atoms with van der Waals surface area (Å²) in [4.78, 5) is 27.0. The van der Waals surface area contributed by atoms with Gasteiger partial charge in [0.05, 0.1) is 24.3 Å². The molecule has 9 nitrogen and oxygen atoms in total. The zero-order chi connectivity index (χ0) is 39.1. The molecule has 0 radical (unpaired) electrons. The number of carbonyl (C=O) groups excluding carboxylic acids is 2. The Bertz CT molecular complexity index is 2300. The second kappa shape index (κ2) is 17.9. The number of hydrogen-bond donors (Lipinski definition) is 1. The number of rotatable bonds is 12. The van der Waals surface area contributed by atoms with Crippen LogP contribution >= 0.6 is 34.8 Å². The Morgan fingerprint density at radius 3 is 1.59 bits per heavy atom. The Hall–Kier alpha value is -5.00. The van der Waals surface area contributed by atoms with Crippen molar-refractivity contribution in [1.29, 1.82) is 5.41 Å². The first-order valence-corrected chi connectivity index (χ1v) is 18.9. The van der Waals surface area contributed by atoms with Gasteiger partial charge in [-0.05, 0) is 69.1 Å². The minimum Gasteiger partial charge on any atom is -0.459 e. The van der Waals surface area contributed by atoms with E-state index in [9.17, 15) is 9.59 Å². The van der Waals surface area contributed by atoms with Crippen LogP contribution in [-0.4, -0.2) is 58.9 Å². The number of alkyl halides is 3. The molecule has 0 aromatic heterocycles. The van der Waals surface area contributed by atoms with E-state index in [1.54, 1.807) is 60.7 Å². The average molecular weight is 813 g/mol. The Kier molecular flexibility index (Phi) is 12.5. The lowest BCUT2D eigenvalue weighted by atomic mass is 9.97. The lowest BCUT2D eigenvalue weighted by Gasteiger charge is -2.45. The van der Waals surface area contributed by atoms with E-state index in [0.29, 0.717) is 5.56 Å². The van der Waals surface area contributed by atoms with Gasteiger partial charge in [-0.15, -0.1) is 0 Å². The van der Waals surface area contributed by atoms with Gasteiger partial charge in [-0.2, -0.15) is 0 Å². The number of halogens is 3. The molecule has 1 fully saturated rings. The van der Waals surface area contributed by atoms with Crippen LogP contribution in [0, 0.1) is 5.41 Å². The van der Waals surface area contributed by atoms with Gasteiger partial charge < -0.3 is 28.4 Å². The van der Waals surface area contributed by atoms with E-state index in [0.717, 1.165) is 32.7 Å². The fourth-order valence-electron chi connectivity index (χ4n) is 6.42. The molecule has 56 heavy (non-hydrogen) atoms. The Labute approximate surface area is 338 Å². The van der Waals surface area contributed by atoms with Crippen LogP contribution in [0.2, 0.25) is 0 Å². The fraction of sp³-hybridized carbons (Fsp3) is 0.205. The molecule has 1 N–H and O–H groups in total. The molecule has 12 heteroatoms. The van der Waals surface area contributed by atoms with Gasteiger partial charge in [-0.3, -0.25) is 5.41 Å². The average Bonchev–Trinajstić information content (AvgIpc) is 3.22. The number of carbonyl (C=O) groups is 2. The van der Waals surface area contributed by atoms with E-state index in [2.05, 4.69) is 0 Å². The Morgan fingerprint density at radius 1 is 0.571 bits per heavy atom. The molecule has 0 amide bonds. The molecule has 286 valence electrons. The van der Waals surface area contributed by atoms with Gasteiger partial charge in [-0.1, -0.05) is 144 Å². The van der Waals surface area contributed by atoms with Crippen LogP contribution in [0.3, 0.4) is 0 Å². The van der Waals surface area contributed by atoms with Crippen LogP contribution in [0.5, 0.6) is 0 Å². The van der Waals surface area contributed by atoms with Crippen molar-refractivity contribution in [1.82, 2.24) is 0 Å². The van der Waals surface area contributed by atoms with Crippen molar-refractivity contribution in [2.45, 2.75) is 47.7 Å². The molecular weight excluding hydrogens is 777 g/mol. The summed E-state index contributed by atoms with van der Waals surface area (Å²) in [5, 5.41) is 12.6. The van der Waals surface area contributed by atoms with Gasteiger partial charge >= 0.3 is 11.9 Å². The SMILES string of the molecule is N=C(O[C@H]1O[C@H](COC(=O)c2ccccc2)[C@H](OC(=O)c2ccccc2)[C@H](OCc2ccc3ccccc3c2)[C@H]1OCc1ccc2ccccc2c1)C(Cl)(Cl)Cl. The van der Waals surface area contributed by atoms with Crippen LogP contribution in [-0.2, 0) is 41.6 Å². The zero-order valence-corrected chi connectivity index (χ0v) is 32.0. The second-order valence-electron chi connectivity index (χ2n) is 13.1. The quantitative estimate of drug-likeness (QED) is 0.0563. The molecule has 6 aromatic rings. The maximum absolute atomic E-state index is 13.8. The van der Waals surface area contributed by atoms with Crippen molar-refractivity contribution >= 4 is 74.2 Å². The predicted molar refractivity (Wildman–Crippen MR) is 215 cm³/mol. The molecule has 1 heterocycles. The maximum atomic E-state index is 13.8. The van der Waals surface area contributed by atoms with Gasteiger partial charge in [0.1, 0.15) is 24.9 Å². The van der Waals surface area contributed by atoms with Gasteiger partial charge in [0, 0.05) is 0 Å². The van der Waals surface area contributed by atoms with Crippen molar-refractivity contribution in [3.63, 3.8) is 0 Å². The first kappa shape index (κ1) is 39.2. The normalized spacial score (nSPS) is 19.7. The van der Waals surface area contributed by atoms with Gasteiger partial charge in [0.25, 0.3) is 3.79 Å². The van der Waals surface area contributed by atoms with E-state index in [-0.39, 0.29) is 18.8 Å². The van der Waals surface area contributed by atoms with Crippen molar-refractivity contribution in [3.8, 4) is 0 Å². The summed E-state index contributed by atoms with van der Waals surface area (Å²) in [5.41, 5.74) is 2.19. The van der Waals surface area contributed by atoms with Crippen molar-refractivity contribution in [3.05, 3.63) is 168 Å². The third kappa shape index (κ3) is 9.68. The lowest BCUT2D eigenvalue weighted by Crippen LogP contribution is -2.62. The van der Waals surface area contributed by atoms with E-state index < -0.39 is 58.9 Å². The van der Waals surface area contributed by atoms with Crippen molar-refractivity contribution < 1.29 is 38.0 Å². The predicted octanol–water partition coefficient (Wildman–Crippen LogP) is 9.64. The highest BCUT2D eigenvalue weighted by atomic mass is 35.6. The van der Waals surface area contributed by atoms with Crippen molar-refractivity contribution in [2.24, 2.45) is 0 Å². The van der Waals surface area contributed by atoms with E-state index in [4.69, 9.17) is 68.6 Å². The van der Waals surface area contributed by atoms with Crippen LogP contribution in [0.15, 0.2) is 146 Å². The van der Waals surface area contributed by atoms with Gasteiger partial charge in [0.2, 0.25) is 12.2 Å². The third-order valence-electron chi connectivity index (χ3n) is 9.24. The number of nitrogens with one attached hydrogen (secondary N) is 1. The zero-order valence-electron chi connectivity index (χ0n) is 29.8. The minimum atomic E-state index is -2.26. The third-order valence-corrected chi connectivity index (χ3v) is 9.75. The fourth-order valence-corrected chi connectivity index (χ4v) is 6.56. The standard InChI is InChI=1S/C44H36Cl3NO8/c45-44(46,47)43(48)56-42-39(52-26-29-20-22-31-12-8-10-18-35(31)24-29)38(51-25-28-19-21-30-11-7-9-17-34(30)23-28)37(55-41(50)33-15-5-2-6-16-33)36(54-42)27-53-40(49)32-13-3-1-4-14-32/h1-24,36-39,42,48H,25-27H2/t36-,37+,38+,39-,42-/m1/s1. The summed E-state index contributed by atoms with van der Waals surface area (Å²) >= 11 is 18.3. The summed E-state index contributed by atoms with van der Waals surface area (Å²) in [7, 11) is 0. The smallest absolute Gasteiger partial charge is 0.338 e. The number of hydrogen-bond acceptors (Lipinski definition) is 9. The molecular formula is C44H36Cl3NO8. The molecule has 1 aliphatic rings. The molecule has 0 bridgehead atoms. The van der Waals surface area contributed by atoms with Crippen LogP contribution < -0.4 is 0 Å². The van der Waals surface area contributed by atoms with Gasteiger partial charge in [-0.25, -0.2) is 9.59 Å². The number of esters is 2. The first-order valence-electron chi connectivity index (χ1n) is 17.8. The molecule has 0 spiro atoms. The van der Waals surface area contributed by atoms with E-state index >= 15 is 0 Å². The molecule has 5 atom stereocenters. The highest BCUT2D eigenvalue weighted by Gasteiger charge is 2.52. The first-order chi connectivity index (χ1) is 27.1. The Morgan fingerprint density at radius 2 is 1.05 bits per heavy atom. The second-order valence-corrected chi connectivity index (χ2v) is 15.4. The summed E-state index contributed by atoms with van der Waals surface area (Å²) in [6.07, 6.45) is -6.24. The minimum absolute atomic E-state index is 0.0304. The highest BCUT2D eigenvalue weighted by Crippen LogP contribution is 2.35. The molecule has 0 saturated carbocycles. The number of fused-ring (bicyclic) bond motifs is 2. The Balaban J connectivity index is 1.26. The monoisotopic (exact) mass is 811 g/mol. The summed E-state index contributed by atoms with van der Waals surface area (Å²) < 4.78 is 35.2. The molecule has 1 saturated heterocycles.